The zero-order valence-corrected chi connectivity index (χ0v) is 18.2. The van der Waals surface area contributed by atoms with E-state index in [0.717, 1.165) is 28.6 Å². The first-order valence-electron chi connectivity index (χ1n) is 10.6. The molecular formula is C26H24N4S. The Labute approximate surface area is 188 Å². The molecular weight excluding hydrogens is 400 g/mol. The first kappa shape index (κ1) is 19.5. The molecule has 4 aromatic rings. The number of aryl methyl sites for hydroxylation is 1. The minimum atomic E-state index is -0.0359. The van der Waals surface area contributed by atoms with Crippen molar-refractivity contribution in [2.75, 3.05) is 4.90 Å². The van der Waals surface area contributed by atoms with Gasteiger partial charge < -0.3 is 14.8 Å². The molecule has 0 bridgehead atoms. The molecule has 1 aliphatic rings. The average Bonchev–Trinajstić information content (AvgIpc) is 3.45. The zero-order chi connectivity index (χ0) is 21.2. The second-order valence-electron chi connectivity index (χ2n) is 7.70. The van der Waals surface area contributed by atoms with E-state index < -0.39 is 0 Å². The van der Waals surface area contributed by atoms with Crippen LogP contribution in [0.3, 0.4) is 0 Å². The molecule has 0 aliphatic carbocycles. The van der Waals surface area contributed by atoms with Gasteiger partial charge in [-0.2, -0.15) is 0 Å². The number of rotatable bonds is 5. The number of nitrogens with zero attached hydrogens (tertiary/aromatic N) is 3. The van der Waals surface area contributed by atoms with Crippen LogP contribution < -0.4 is 10.2 Å². The van der Waals surface area contributed by atoms with Crippen LogP contribution in [-0.2, 0) is 6.42 Å². The van der Waals surface area contributed by atoms with Gasteiger partial charge in [0.2, 0.25) is 0 Å². The molecule has 154 valence electrons. The molecule has 0 unspecified atom stereocenters. The predicted molar refractivity (Wildman–Crippen MR) is 130 cm³/mol. The molecule has 1 aliphatic heterocycles. The van der Waals surface area contributed by atoms with Gasteiger partial charge in [-0.25, -0.2) is 0 Å². The molecule has 0 spiro atoms. The van der Waals surface area contributed by atoms with Crippen molar-refractivity contribution in [2.24, 2.45) is 0 Å². The van der Waals surface area contributed by atoms with E-state index in [1.807, 2.05) is 24.4 Å². The Kier molecular flexibility index (Phi) is 5.26. The summed E-state index contributed by atoms with van der Waals surface area (Å²) in [6.07, 6.45) is 7.16. The summed E-state index contributed by atoms with van der Waals surface area (Å²) < 4.78 is 2.16. The standard InChI is InChI=1S/C26H24N4S/c1-2-19-11-13-22(14-12-19)30-25(24(28-26(30)31)23-10-6-7-16-27-23)20-15-17-29(18-20)21-8-4-3-5-9-21/h3-18,24-25H,2H2,1H3,(H,28,31)/t24-,25+/m1/s1. The highest BCUT2D eigenvalue weighted by atomic mass is 32.1. The molecule has 5 heteroatoms. The van der Waals surface area contributed by atoms with E-state index in [9.17, 15) is 0 Å². The highest BCUT2D eigenvalue weighted by molar-refractivity contribution is 7.80. The van der Waals surface area contributed by atoms with Gasteiger partial charge in [-0.15, -0.1) is 0 Å². The third kappa shape index (κ3) is 3.73. The van der Waals surface area contributed by atoms with Crippen LogP contribution in [0.4, 0.5) is 5.69 Å². The summed E-state index contributed by atoms with van der Waals surface area (Å²) in [6, 6.07) is 27.2. The van der Waals surface area contributed by atoms with Crippen molar-refractivity contribution in [3.63, 3.8) is 0 Å². The largest absolute Gasteiger partial charge is 0.351 e. The number of thiocarbonyl (C=S) groups is 1. The number of anilines is 1. The number of hydrogen-bond acceptors (Lipinski definition) is 2. The van der Waals surface area contributed by atoms with E-state index in [4.69, 9.17) is 12.2 Å². The van der Waals surface area contributed by atoms with Gasteiger partial charge >= 0.3 is 0 Å². The summed E-state index contributed by atoms with van der Waals surface area (Å²) in [6.45, 7) is 2.17. The normalized spacial score (nSPS) is 18.2. The number of aromatic nitrogens is 2. The highest BCUT2D eigenvalue weighted by Crippen LogP contribution is 2.41. The molecule has 1 saturated heterocycles. The molecule has 2 aromatic carbocycles. The SMILES string of the molecule is CCc1ccc(N2C(=S)N[C@H](c3ccccn3)[C@@H]2c2ccn(-c3ccccc3)c2)cc1. The lowest BCUT2D eigenvalue weighted by Gasteiger charge is -2.27. The monoisotopic (exact) mass is 424 g/mol. The predicted octanol–water partition coefficient (Wildman–Crippen LogP) is 5.61. The van der Waals surface area contributed by atoms with Gasteiger partial charge in [0.05, 0.1) is 17.8 Å². The molecule has 5 rings (SSSR count). The van der Waals surface area contributed by atoms with Crippen molar-refractivity contribution >= 4 is 23.0 Å². The number of hydrogen-bond donors (Lipinski definition) is 1. The Morgan fingerprint density at radius 1 is 0.903 bits per heavy atom. The van der Waals surface area contributed by atoms with E-state index in [2.05, 4.69) is 99.7 Å². The molecule has 1 N–H and O–H groups in total. The maximum Gasteiger partial charge on any atom is 0.174 e. The molecule has 31 heavy (non-hydrogen) atoms. The molecule has 0 saturated carbocycles. The van der Waals surface area contributed by atoms with Crippen molar-refractivity contribution in [2.45, 2.75) is 25.4 Å². The van der Waals surface area contributed by atoms with Crippen LogP contribution in [0.25, 0.3) is 5.69 Å². The van der Waals surface area contributed by atoms with Crippen LogP contribution in [0.2, 0.25) is 0 Å². The fraction of sp³-hybridized carbons (Fsp3) is 0.154. The van der Waals surface area contributed by atoms with Crippen molar-refractivity contribution in [1.82, 2.24) is 14.9 Å². The molecule has 3 heterocycles. The number of pyridine rings is 1. The van der Waals surface area contributed by atoms with Crippen LogP contribution in [-0.4, -0.2) is 14.7 Å². The van der Waals surface area contributed by atoms with Crippen molar-refractivity contribution in [1.29, 1.82) is 0 Å². The van der Waals surface area contributed by atoms with Gasteiger partial charge in [0.15, 0.2) is 5.11 Å². The molecule has 4 nitrogen and oxygen atoms in total. The quantitative estimate of drug-likeness (QED) is 0.422. The van der Waals surface area contributed by atoms with E-state index >= 15 is 0 Å². The van der Waals surface area contributed by atoms with Crippen LogP contribution >= 0.6 is 12.2 Å². The Hall–Kier alpha value is -3.44. The van der Waals surface area contributed by atoms with Crippen LogP contribution in [0, 0.1) is 0 Å². The molecule has 0 amide bonds. The van der Waals surface area contributed by atoms with Crippen molar-refractivity contribution < 1.29 is 0 Å². The second kappa shape index (κ2) is 8.36. The van der Waals surface area contributed by atoms with E-state index in [1.54, 1.807) is 0 Å². The van der Waals surface area contributed by atoms with Crippen molar-refractivity contribution in [3.8, 4) is 5.69 Å². The highest BCUT2D eigenvalue weighted by Gasteiger charge is 2.41. The second-order valence-corrected chi connectivity index (χ2v) is 8.09. The Morgan fingerprint density at radius 2 is 1.68 bits per heavy atom. The van der Waals surface area contributed by atoms with E-state index in [0.29, 0.717) is 0 Å². The summed E-state index contributed by atoms with van der Waals surface area (Å²) in [5.74, 6) is 0. The lowest BCUT2D eigenvalue weighted by Crippen LogP contribution is -2.29. The average molecular weight is 425 g/mol. The summed E-state index contributed by atoms with van der Waals surface area (Å²) in [4.78, 5) is 6.86. The summed E-state index contributed by atoms with van der Waals surface area (Å²) in [5.41, 5.74) is 5.71. The Morgan fingerprint density at radius 3 is 2.39 bits per heavy atom. The zero-order valence-electron chi connectivity index (χ0n) is 17.3. The minimum absolute atomic E-state index is 0.000149. The van der Waals surface area contributed by atoms with Gasteiger partial charge in [0.1, 0.15) is 0 Å². The fourth-order valence-electron chi connectivity index (χ4n) is 4.21. The van der Waals surface area contributed by atoms with Gasteiger partial charge in [-0.1, -0.05) is 43.3 Å². The minimum Gasteiger partial charge on any atom is -0.351 e. The number of para-hydroxylation sites is 1. The Bertz CT molecular complexity index is 1170. The van der Waals surface area contributed by atoms with Gasteiger partial charge in [0, 0.05) is 30.0 Å². The number of nitrogens with one attached hydrogen (secondary N) is 1. The maximum atomic E-state index is 5.82. The van der Waals surface area contributed by atoms with Crippen LogP contribution in [0.5, 0.6) is 0 Å². The van der Waals surface area contributed by atoms with Crippen molar-refractivity contribution in [3.05, 3.63) is 114 Å². The van der Waals surface area contributed by atoms with Gasteiger partial charge in [-0.05, 0) is 72.2 Å². The Balaban J connectivity index is 1.58. The topological polar surface area (TPSA) is 33.1 Å². The first-order valence-corrected chi connectivity index (χ1v) is 11.0. The molecule has 2 aromatic heterocycles. The van der Waals surface area contributed by atoms with E-state index in [-0.39, 0.29) is 12.1 Å². The fourth-order valence-corrected chi connectivity index (χ4v) is 4.56. The summed E-state index contributed by atoms with van der Waals surface area (Å²) in [5, 5.41) is 4.25. The summed E-state index contributed by atoms with van der Waals surface area (Å²) >= 11 is 5.82. The van der Waals surface area contributed by atoms with E-state index in [1.165, 1.54) is 11.1 Å². The molecule has 1 fully saturated rings. The third-order valence-electron chi connectivity index (χ3n) is 5.83. The number of benzene rings is 2. The van der Waals surface area contributed by atoms with Gasteiger partial charge in [0.25, 0.3) is 0 Å². The first-order chi connectivity index (χ1) is 15.2. The summed E-state index contributed by atoms with van der Waals surface area (Å²) in [7, 11) is 0. The molecule has 2 atom stereocenters. The van der Waals surface area contributed by atoms with Crippen LogP contribution in [0.15, 0.2) is 97.5 Å². The molecule has 0 radical (unpaired) electrons. The lowest BCUT2D eigenvalue weighted by molar-refractivity contribution is 0.568. The van der Waals surface area contributed by atoms with Gasteiger partial charge in [-0.3, -0.25) is 4.98 Å². The smallest absolute Gasteiger partial charge is 0.174 e. The maximum absolute atomic E-state index is 5.82. The lowest BCUT2D eigenvalue weighted by atomic mass is 9.98. The van der Waals surface area contributed by atoms with Crippen LogP contribution in [0.1, 0.15) is 35.8 Å². The third-order valence-corrected chi connectivity index (χ3v) is 6.15.